The summed E-state index contributed by atoms with van der Waals surface area (Å²) >= 11 is 0. The van der Waals surface area contributed by atoms with E-state index in [4.69, 9.17) is 10.2 Å². The van der Waals surface area contributed by atoms with E-state index in [1.807, 2.05) is 0 Å². The Labute approximate surface area is 113 Å². The van der Waals surface area contributed by atoms with Crippen molar-refractivity contribution in [3.8, 4) is 0 Å². The summed E-state index contributed by atoms with van der Waals surface area (Å²) in [7, 11) is 0. The van der Waals surface area contributed by atoms with Gasteiger partial charge < -0.3 is 30.6 Å². The minimum Gasteiger partial charge on any atom is -0.394 e. The number of hydrogen-bond acceptors (Lipinski definition) is 7. The topological polar surface area (TPSA) is 133 Å². The van der Waals surface area contributed by atoms with Crippen molar-refractivity contribution in [3.05, 3.63) is 0 Å². The number of unbranched alkanes of at least 4 members (excludes halogenated alkanes) is 3. The molecule has 0 spiro atoms. The maximum Gasteiger partial charge on any atom is 0.133 e. The first kappa shape index (κ1) is 18.7. The van der Waals surface area contributed by atoms with Gasteiger partial charge in [-0.1, -0.05) is 26.2 Å². The van der Waals surface area contributed by atoms with Gasteiger partial charge in [-0.3, -0.25) is 5.32 Å². The zero-order chi connectivity index (χ0) is 14.8. The van der Waals surface area contributed by atoms with Crippen LogP contribution in [0.5, 0.6) is 0 Å². The molecule has 0 amide bonds. The molecule has 7 nitrogen and oxygen atoms in total. The molecule has 0 saturated heterocycles. The van der Waals surface area contributed by atoms with Crippen molar-refractivity contribution in [2.45, 2.75) is 63.3 Å². The Hall–Kier alpha value is -0.280. The summed E-state index contributed by atoms with van der Waals surface area (Å²) in [4.78, 5) is 0. The maximum absolute atomic E-state index is 9.59. The molecule has 0 heterocycles. The first-order valence-corrected chi connectivity index (χ1v) is 6.70. The van der Waals surface area contributed by atoms with E-state index in [1.165, 1.54) is 0 Å². The molecule has 116 valence electrons. The molecular weight excluding hydrogens is 254 g/mol. The molecule has 0 bridgehead atoms. The largest absolute Gasteiger partial charge is 0.394 e. The Balaban J connectivity index is 3.99. The third-order valence-electron chi connectivity index (χ3n) is 2.99. The third kappa shape index (κ3) is 7.17. The lowest BCUT2D eigenvalue weighted by atomic mass is 10.0. The van der Waals surface area contributed by atoms with Gasteiger partial charge in [-0.25, -0.2) is 0 Å². The molecule has 0 saturated carbocycles. The number of rotatable bonds is 11. The van der Waals surface area contributed by atoms with E-state index in [0.29, 0.717) is 6.54 Å². The van der Waals surface area contributed by atoms with Gasteiger partial charge in [0, 0.05) is 0 Å². The van der Waals surface area contributed by atoms with Gasteiger partial charge in [0.2, 0.25) is 0 Å². The van der Waals surface area contributed by atoms with Gasteiger partial charge in [-0.15, -0.1) is 0 Å². The zero-order valence-electron chi connectivity index (χ0n) is 11.3. The fourth-order valence-corrected chi connectivity index (χ4v) is 1.65. The summed E-state index contributed by atoms with van der Waals surface area (Å²) in [6, 6.07) is 0. The van der Waals surface area contributed by atoms with Crippen LogP contribution < -0.4 is 5.32 Å². The van der Waals surface area contributed by atoms with E-state index < -0.39 is 37.3 Å². The number of aliphatic hydroxyl groups is 6. The van der Waals surface area contributed by atoms with Crippen LogP contribution in [-0.2, 0) is 0 Å². The van der Waals surface area contributed by atoms with Crippen molar-refractivity contribution in [2.75, 3.05) is 13.2 Å². The number of hydrogen-bond donors (Lipinski definition) is 7. The predicted octanol–water partition coefficient (Wildman–Crippen LogP) is -2.09. The van der Waals surface area contributed by atoms with Crippen molar-refractivity contribution < 1.29 is 30.6 Å². The third-order valence-corrected chi connectivity index (χ3v) is 2.99. The highest BCUT2D eigenvalue weighted by Crippen LogP contribution is 2.07. The van der Waals surface area contributed by atoms with Crippen LogP contribution in [0.4, 0.5) is 0 Å². The van der Waals surface area contributed by atoms with Crippen LogP contribution in [0.25, 0.3) is 0 Å². The fraction of sp³-hybridized carbons (Fsp3) is 1.00. The average molecular weight is 281 g/mol. The van der Waals surface area contributed by atoms with E-state index >= 15 is 0 Å². The SMILES string of the molecule is CCCCCCNC(O)[C@H](O)[C@@H](O)[C@H](O)[C@H](O)CO. The molecule has 5 atom stereocenters. The van der Waals surface area contributed by atoms with Gasteiger partial charge in [0.25, 0.3) is 0 Å². The summed E-state index contributed by atoms with van der Waals surface area (Å²) in [5, 5.41) is 58.4. The van der Waals surface area contributed by atoms with E-state index in [2.05, 4.69) is 12.2 Å². The summed E-state index contributed by atoms with van der Waals surface area (Å²) in [5.74, 6) is 0. The van der Waals surface area contributed by atoms with Crippen molar-refractivity contribution in [1.82, 2.24) is 5.32 Å². The molecule has 7 heteroatoms. The molecule has 0 aliphatic heterocycles. The van der Waals surface area contributed by atoms with Crippen LogP contribution in [0.3, 0.4) is 0 Å². The molecule has 0 aromatic carbocycles. The number of nitrogens with one attached hydrogen (secondary N) is 1. The van der Waals surface area contributed by atoms with Gasteiger partial charge in [0.15, 0.2) is 0 Å². The molecule has 0 fully saturated rings. The highest BCUT2D eigenvalue weighted by Gasteiger charge is 2.33. The van der Waals surface area contributed by atoms with Crippen LogP contribution in [0.1, 0.15) is 32.6 Å². The van der Waals surface area contributed by atoms with Crippen LogP contribution in [0, 0.1) is 0 Å². The Morgan fingerprint density at radius 3 is 2.00 bits per heavy atom. The Kier molecular flexibility index (Phi) is 10.3. The maximum atomic E-state index is 9.59. The first-order valence-electron chi connectivity index (χ1n) is 6.70. The monoisotopic (exact) mass is 281 g/mol. The molecule has 19 heavy (non-hydrogen) atoms. The van der Waals surface area contributed by atoms with Gasteiger partial charge in [0.05, 0.1) is 6.61 Å². The lowest BCUT2D eigenvalue weighted by Gasteiger charge is -2.28. The highest BCUT2D eigenvalue weighted by molar-refractivity contribution is 4.83. The minimum atomic E-state index is -1.75. The molecule has 0 aliphatic carbocycles. The van der Waals surface area contributed by atoms with Crippen LogP contribution >= 0.6 is 0 Å². The molecule has 0 aliphatic rings. The van der Waals surface area contributed by atoms with Crippen LogP contribution in [0.15, 0.2) is 0 Å². The van der Waals surface area contributed by atoms with E-state index in [0.717, 1.165) is 25.7 Å². The second kappa shape index (κ2) is 10.5. The lowest BCUT2D eigenvalue weighted by Crippen LogP contribution is -2.53. The summed E-state index contributed by atoms with van der Waals surface area (Å²) < 4.78 is 0. The first-order chi connectivity index (χ1) is 8.95. The van der Waals surface area contributed by atoms with E-state index in [9.17, 15) is 20.4 Å². The number of aliphatic hydroxyl groups excluding tert-OH is 6. The predicted molar refractivity (Wildman–Crippen MR) is 69.3 cm³/mol. The lowest BCUT2D eigenvalue weighted by molar-refractivity contribution is -0.145. The fourth-order valence-electron chi connectivity index (χ4n) is 1.65. The van der Waals surface area contributed by atoms with Crippen molar-refractivity contribution in [2.24, 2.45) is 0 Å². The molecule has 0 aromatic heterocycles. The highest BCUT2D eigenvalue weighted by atomic mass is 16.4. The second-order valence-electron chi connectivity index (χ2n) is 4.68. The van der Waals surface area contributed by atoms with Crippen LogP contribution in [-0.4, -0.2) is 74.4 Å². The molecule has 0 radical (unpaired) electrons. The quantitative estimate of drug-likeness (QED) is 0.170. The van der Waals surface area contributed by atoms with Gasteiger partial charge in [0.1, 0.15) is 30.6 Å². The van der Waals surface area contributed by atoms with E-state index in [1.54, 1.807) is 0 Å². The molecular formula is C12H27NO6. The van der Waals surface area contributed by atoms with Gasteiger partial charge in [-0.05, 0) is 13.0 Å². The smallest absolute Gasteiger partial charge is 0.133 e. The Bertz CT molecular complexity index is 218. The second-order valence-corrected chi connectivity index (χ2v) is 4.68. The molecule has 1 unspecified atom stereocenters. The zero-order valence-corrected chi connectivity index (χ0v) is 11.3. The van der Waals surface area contributed by atoms with Gasteiger partial charge >= 0.3 is 0 Å². The summed E-state index contributed by atoms with van der Waals surface area (Å²) in [6.45, 7) is 1.81. The van der Waals surface area contributed by atoms with Gasteiger partial charge in [-0.2, -0.15) is 0 Å². The Morgan fingerprint density at radius 1 is 0.842 bits per heavy atom. The van der Waals surface area contributed by atoms with Crippen molar-refractivity contribution in [3.63, 3.8) is 0 Å². The molecule has 7 N–H and O–H groups in total. The summed E-state index contributed by atoms with van der Waals surface area (Å²) in [5.41, 5.74) is 0. The minimum absolute atomic E-state index is 0.476. The average Bonchev–Trinajstić information content (AvgIpc) is 2.43. The Morgan fingerprint density at radius 2 is 1.47 bits per heavy atom. The standard InChI is InChI=1S/C12H27NO6/c1-2-3-4-5-6-13-12(19)11(18)10(17)9(16)8(15)7-14/h8-19H,2-7H2,1H3/t8-,9-,10+,11-,12?/m1/s1. The van der Waals surface area contributed by atoms with Crippen molar-refractivity contribution in [1.29, 1.82) is 0 Å². The van der Waals surface area contributed by atoms with Crippen molar-refractivity contribution >= 4 is 0 Å². The normalized spacial score (nSPS) is 19.7. The summed E-state index contributed by atoms with van der Waals surface area (Å²) in [6.07, 6.45) is -4.09. The molecule has 0 aromatic rings. The molecule has 0 rings (SSSR count). The van der Waals surface area contributed by atoms with Crippen LogP contribution in [0.2, 0.25) is 0 Å². The van der Waals surface area contributed by atoms with E-state index in [-0.39, 0.29) is 0 Å².